The topological polar surface area (TPSA) is 51.5 Å². The van der Waals surface area contributed by atoms with Gasteiger partial charge < -0.3 is 9.15 Å². The van der Waals surface area contributed by atoms with E-state index >= 15 is 0 Å². The highest BCUT2D eigenvalue weighted by molar-refractivity contribution is 5.77. The van der Waals surface area contributed by atoms with Crippen LogP contribution in [0.4, 0.5) is 0 Å². The number of carbonyl (C=O) groups excluding carboxylic acids is 1. The molecule has 2 atom stereocenters. The molecule has 1 N–H and O–H groups in total. The molecule has 4 heteroatoms. The molecule has 0 spiro atoms. The van der Waals surface area contributed by atoms with Crippen LogP contribution < -0.4 is 5.32 Å². The standard InChI is InChI=1S/C15H17NO3/c1-11(13-8-9-19-10-13)16-14(15(17)18-2)12-6-4-3-5-7-12/h3-11,14,16H,1-2H3. The molecule has 0 amide bonds. The number of ether oxygens (including phenoxy) is 1. The molecule has 0 saturated carbocycles. The third-order valence-electron chi connectivity index (χ3n) is 3.03. The molecule has 2 rings (SSSR count). The molecule has 0 aliphatic carbocycles. The fraction of sp³-hybridized carbons (Fsp3) is 0.267. The van der Waals surface area contributed by atoms with Crippen LogP contribution in [0.15, 0.2) is 53.3 Å². The van der Waals surface area contributed by atoms with E-state index in [1.54, 1.807) is 12.5 Å². The number of furan rings is 1. The van der Waals surface area contributed by atoms with Gasteiger partial charge in [0.2, 0.25) is 0 Å². The van der Waals surface area contributed by atoms with E-state index in [0.29, 0.717) is 0 Å². The first-order valence-electron chi connectivity index (χ1n) is 6.13. The third kappa shape index (κ3) is 3.23. The Hall–Kier alpha value is -2.07. The van der Waals surface area contributed by atoms with E-state index in [0.717, 1.165) is 11.1 Å². The van der Waals surface area contributed by atoms with Crippen molar-refractivity contribution < 1.29 is 13.9 Å². The van der Waals surface area contributed by atoms with E-state index in [9.17, 15) is 4.79 Å². The number of rotatable bonds is 5. The van der Waals surface area contributed by atoms with Crippen LogP contribution in [0.2, 0.25) is 0 Å². The van der Waals surface area contributed by atoms with Crippen LogP contribution in [0, 0.1) is 0 Å². The zero-order chi connectivity index (χ0) is 13.7. The minimum Gasteiger partial charge on any atom is -0.472 e. The summed E-state index contributed by atoms with van der Waals surface area (Å²) in [6.45, 7) is 1.98. The predicted molar refractivity (Wildman–Crippen MR) is 71.5 cm³/mol. The maximum absolute atomic E-state index is 11.9. The average molecular weight is 259 g/mol. The molecule has 1 heterocycles. The van der Waals surface area contributed by atoms with Gasteiger partial charge in [0, 0.05) is 11.6 Å². The Kier molecular flexibility index (Phi) is 4.36. The van der Waals surface area contributed by atoms with Gasteiger partial charge in [0.15, 0.2) is 0 Å². The number of methoxy groups -OCH3 is 1. The van der Waals surface area contributed by atoms with Crippen LogP contribution in [-0.4, -0.2) is 13.1 Å². The lowest BCUT2D eigenvalue weighted by atomic mass is 10.0. The summed E-state index contributed by atoms with van der Waals surface area (Å²) in [5.74, 6) is -0.304. The van der Waals surface area contributed by atoms with Crippen molar-refractivity contribution in [1.29, 1.82) is 0 Å². The van der Waals surface area contributed by atoms with Crippen molar-refractivity contribution in [3.63, 3.8) is 0 Å². The normalized spacial score (nSPS) is 13.8. The molecule has 1 aromatic heterocycles. The smallest absolute Gasteiger partial charge is 0.327 e. The summed E-state index contributed by atoms with van der Waals surface area (Å²) in [6.07, 6.45) is 3.28. The molecular formula is C15H17NO3. The zero-order valence-electron chi connectivity index (χ0n) is 11.0. The van der Waals surface area contributed by atoms with Crippen LogP contribution in [0.1, 0.15) is 30.1 Å². The van der Waals surface area contributed by atoms with Gasteiger partial charge in [0.1, 0.15) is 6.04 Å². The zero-order valence-corrected chi connectivity index (χ0v) is 11.0. The van der Waals surface area contributed by atoms with E-state index in [1.165, 1.54) is 7.11 Å². The monoisotopic (exact) mass is 259 g/mol. The van der Waals surface area contributed by atoms with Crippen LogP contribution in [0.3, 0.4) is 0 Å². The van der Waals surface area contributed by atoms with Gasteiger partial charge in [-0.3, -0.25) is 5.32 Å². The van der Waals surface area contributed by atoms with Gasteiger partial charge in [0.25, 0.3) is 0 Å². The highest BCUT2D eigenvalue weighted by Gasteiger charge is 2.23. The number of hydrogen-bond donors (Lipinski definition) is 1. The van der Waals surface area contributed by atoms with E-state index < -0.39 is 6.04 Å². The highest BCUT2D eigenvalue weighted by atomic mass is 16.5. The van der Waals surface area contributed by atoms with Crippen molar-refractivity contribution >= 4 is 5.97 Å². The molecule has 2 aromatic rings. The van der Waals surface area contributed by atoms with Crippen LogP contribution in [-0.2, 0) is 9.53 Å². The van der Waals surface area contributed by atoms with Crippen molar-refractivity contribution in [2.45, 2.75) is 19.0 Å². The Bertz CT molecular complexity index is 507. The molecule has 2 unspecified atom stereocenters. The van der Waals surface area contributed by atoms with Gasteiger partial charge in [-0.25, -0.2) is 4.79 Å². The average Bonchev–Trinajstić information content (AvgIpc) is 2.99. The molecule has 0 aliphatic rings. The van der Waals surface area contributed by atoms with Crippen LogP contribution in [0.5, 0.6) is 0 Å². The van der Waals surface area contributed by atoms with Gasteiger partial charge in [-0.05, 0) is 18.6 Å². The number of hydrogen-bond acceptors (Lipinski definition) is 4. The second-order valence-corrected chi connectivity index (χ2v) is 4.31. The Morgan fingerprint density at radius 3 is 2.53 bits per heavy atom. The van der Waals surface area contributed by atoms with E-state index in [1.807, 2.05) is 43.3 Å². The fourth-order valence-corrected chi connectivity index (χ4v) is 1.93. The molecule has 19 heavy (non-hydrogen) atoms. The third-order valence-corrected chi connectivity index (χ3v) is 3.03. The SMILES string of the molecule is COC(=O)C(NC(C)c1ccoc1)c1ccccc1. The molecule has 0 aliphatic heterocycles. The van der Waals surface area contributed by atoms with Gasteiger partial charge in [-0.2, -0.15) is 0 Å². The molecule has 0 saturated heterocycles. The first kappa shape index (κ1) is 13.4. The molecule has 0 fully saturated rings. The summed E-state index contributed by atoms with van der Waals surface area (Å²) in [7, 11) is 1.39. The molecule has 1 aromatic carbocycles. The summed E-state index contributed by atoms with van der Waals surface area (Å²) in [5.41, 5.74) is 1.87. The minimum absolute atomic E-state index is 0.0111. The molecule has 100 valence electrons. The molecule has 0 radical (unpaired) electrons. The lowest BCUT2D eigenvalue weighted by Gasteiger charge is -2.21. The summed E-state index contributed by atoms with van der Waals surface area (Å²) >= 11 is 0. The van der Waals surface area contributed by atoms with Crippen molar-refractivity contribution in [3.8, 4) is 0 Å². The highest BCUT2D eigenvalue weighted by Crippen LogP contribution is 2.20. The van der Waals surface area contributed by atoms with Crippen molar-refractivity contribution in [2.75, 3.05) is 7.11 Å². The first-order valence-corrected chi connectivity index (χ1v) is 6.13. The first-order chi connectivity index (χ1) is 9.22. The van der Waals surface area contributed by atoms with Gasteiger partial charge >= 0.3 is 5.97 Å². The molecule has 0 bridgehead atoms. The van der Waals surface area contributed by atoms with E-state index in [4.69, 9.17) is 9.15 Å². The molecule has 4 nitrogen and oxygen atoms in total. The van der Waals surface area contributed by atoms with Crippen molar-refractivity contribution in [2.24, 2.45) is 0 Å². The van der Waals surface area contributed by atoms with Crippen molar-refractivity contribution in [1.82, 2.24) is 5.32 Å². The number of carbonyl (C=O) groups is 1. The fourth-order valence-electron chi connectivity index (χ4n) is 1.93. The second-order valence-electron chi connectivity index (χ2n) is 4.31. The van der Waals surface area contributed by atoms with Crippen LogP contribution >= 0.6 is 0 Å². The van der Waals surface area contributed by atoms with Crippen molar-refractivity contribution in [3.05, 3.63) is 60.1 Å². The summed E-state index contributed by atoms with van der Waals surface area (Å²) in [5, 5.41) is 3.25. The largest absolute Gasteiger partial charge is 0.472 e. The van der Waals surface area contributed by atoms with Crippen LogP contribution in [0.25, 0.3) is 0 Å². The minimum atomic E-state index is -0.490. The van der Waals surface area contributed by atoms with E-state index in [2.05, 4.69) is 5.32 Å². The maximum atomic E-state index is 11.9. The number of benzene rings is 1. The predicted octanol–water partition coefficient (Wildman–Crippen LogP) is 2.84. The number of nitrogens with one attached hydrogen (secondary N) is 1. The summed E-state index contributed by atoms with van der Waals surface area (Å²) in [6, 6.07) is 10.9. The van der Waals surface area contributed by atoms with Gasteiger partial charge in [-0.1, -0.05) is 30.3 Å². The van der Waals surface area contributed by atoms with Gasteiger partial charge in [-0.15, -0.1) is 0 Å². The lowest BCUT2D eigenvalue weighted by molar-refractivity contribution is -0.143. The molecular weight excluding hydrogens is 242 g/mol. The number of esters is 1. The Balaban J connectivity index is 2.17. The van der Waals surface area contributed by atoms with E-state index in [-0.39, 0.29) is 12.0 Å². The Labute approximate surface area is 112 Å². The Morgan fingerprint density at radius 1 is 1.21 bits per heavy atom. The summed E-state index contributed by atoms with van der Waals surface area (Å²) in [4.78, 5) is 11.9. The quantitative estimate of drug-likeness (QED) is 0.839. The van der Waals surface area contributed by atoms with Gasteiger partial charge in [0.05, 0.1) is 19.6 Å². The Morgan fingerprint density at radius 2 is 1.95 bits per heavy atom. The second kappa shape index (κ2) is 6.20. The summed E-state index contributed by atoms with van der Waals surface area (Å²) < 4.78 is 9.91. The lowest BCUT2D eigenvalue weighted by Crippen LogP contribution is -2.31. The maximum Gasteiger partial charge on any atom is 0.327 e.